The van der Waals surface area contributed by atoms with Gasteiger partial charge in [0.2, 0.25) is 0 Å². The number of halogens is 2. The number of methoxy groups -OCH3 is 1. The molecule has 0 aliphatic heterocycles. The monoisotopic (exact) mass is 459 g/mol. The van der Waals surface area contributed by atoms with Crippen molar-refractivity contribution < 1.29 is 9.47 Å². The summed E-state index contributed by atoms with van der Waals surface area (Å²) >= 11 is 9.83. The van der Waals surface area contributed by atoms with Gasteiger partial charge in [0.05, 0.1) is 11.6 Å². The second-order valence-electron chi connectivity index (χ2n) is 6.39. The number of nitrogens with one attached hydrogen (secondary N) is 1. The van der Waals surface area contributed by atoms with Gasteiger partial charge in [0.1, 0.15) is 6.61 Å². The van der Waals surface area contributed by atoms with E-state index in [9.17, 15) is 0 Å². The van der Waals surface area contributed by atoms with E-state index in [1.165, 1.54) is 5.56 Å². The molecule has 146 valence electrons. The molecule has 0 unspecified atom stereocenters. The minimum atomic E-state index is 0.371. The maximum Gasteiger partial charge on any atom is 0.175 e. The smallest absolute Gasteiger partial charge is 0.175 e. The molecular weight excluding hydrogens is 438 g/mol. The highest BCUT2D eigenvalue weighted by molar-refractivity contribution is 9.10. The Bertz CT molecular complexity index is 928. The van der Waals surface area contributed by atoms with Crippen molar-refractivity contribution in [2.45, 2.75) is 26.5 Å². The van der Waals surface area contributed by atoms with Gasteiger partial charge in [-0.2, -0.15) is 0 Å². The maximum atomic E-state index is 6.22. The first kappa shape index (κ1) is 20.6. The molecule has 0 atom stereocenters. The lowest BCUT2D eigenvalue weighted by atomic mass is 10.1. The van der Waals surface area contributed by atoms with E-state index in [4.69, 9.17) is 21.1 Å². The number of rotatable bonds is 8. The van der Waals surface area contributed by atoms with Crippen LogP contribution in [0.25, 0.3) is 0 Å². The SMILES string of the molecule is CCc1ccc(NCc2cc(Br)c(OCc3ccccc3Cl)c(OC)c2)cc1. The van der Waals surface area contributed by atoms with E-state index < -0.39 is 0 Å². The molecule has 0 aliphatic rings. The number of ether oxygens (including phenoxy) is 2. The number of benzene rings is 3. The topological polar surface area (TPSA) is 30.5 Å². The average molecular weight is 461 g/mol. The quantitative estimate of drug-likeness (QED) is 0.398. The molecule has 3 nitrogen and oxygen atoms in total. The molecule has 5 heteroatoms. The van der Waals surface area contributed by atoms with E-state index in [-0.39, 0.29) is 0 Å². The van der Waals surface area contributed by atoms with Crippen molar-refractivity contribution in [3.05, 3.63) is 86.8 Å². The van der Waals surface area contributed by atoms with Crippen LogP contribution >= 0.6 is 27.5 Å². The largest absolute Gasteiger partial charge is 0.493 e. The van der Waals surface area contributed by atoms with Crippen LogP contribution < -0.4 is 14.8 Å². The molecule has 0 fully saturated rings. The molecular formula is C23H23BrClNO2. The van der Waals surface area contributed by atoms with Gasteiger partial charge in [0.25, 0.3) is 0 Å². The zero-order chi connectivity index (χ0) is 19.9. The van der Waals surface area contributed by atoms with Crippen LogP contribution in [-0.2, 0) is 19.6 Å². The van der Waals surface area contributed by atoms with Crippen molar-refractivity contribution in [2.75, 3.05) is 12.4 Å². The van der Waals surface area contributed by atoms with Crippen LogP contribution in [0, 0.1) is 0 Å². The Morgan fingerprint density at radius 1 is 1.00 bits per heavy atom. The van der Waals surface area contributed by atoms with Crippen molar-refractivity contribution in [1.29, 1.82) is 0 Å². The Balaban J connectivity index is 1.70. The predicted molar refractivity (Wildman–Crippen MR) is 120 cm³/mol. The first-order valence-corrected chi connectivity index (χ1v) is 10.3. The molecule has 0 heterocycles. The molecule has 0 aromatic heterocycles. The molecule has 0 amide bonds. The van der Waals surface area contributed by atoms with Crippen LogP contribution in [0.3, 0.4) is 0 Å². The Hall–Kier alpha value is -2.17. The number of hydrogen-bond donors (Lipinski definition) is 1. The number of anilines is 1. The third-order valence-electron chi connectivity index (χ3n) is 4.48. The van der Waals surface area contributed by atoms with Gasteiger partial charge in [-0.05, 0) is 63.8 Å². The Kier molecular flexibility index (Phi) is 7.24. The third kappa shape index (κ3) is 5.21. The fourth-order valence-corrected chi connectivity index (χ4v) is 3.64. The number of aryl methyl sites for hydroxylation is 1. The molecule has 0 bridgehead atoms. The summed E-state index contributed by atoms with van der Waals surface area (Å²) in [6, 6.07) is 20.2. The highest BCUT2D eigenvalue weighted by Gasteiger charge is 2.13. The van der Waals surface area contributed by atoms with Crippen molar-refractivity contribution >= 4 is 33.2 Å². The van der Waals surface area contributed by atoms with E-state index in [0.717, 1.165) is 27.7 Å². The van der Waals surface area contributed by atoms with Gasteiger partial charge in [0, 0.05) is 22.8 Å². The van der Waals surface area contributed by atoms with Gasteiger partial charge >= 0.3 is 0 Å². The summed E-state index contributed by atoms with van der Waals surface area (Å²) in [6.07, 6.45) is 1.04. The van der Waals surface area contributed by atoms with Crippen LogP contribution in [-0.4, -0.2) is 7.11 Å². The summed E-state index contributed by atoms with van der Waals surface area (Å²) in [5, 5.41) is 4.13. The Morgan fingerprint density at radius 3 is 2.43 bits per heavy atom. The fraction of sp³-hybridized carbons (Fsp3) is 0.217. The molecule has 3 aromatic rings. The van der Waals surface area contributed by atoms with Gasteiger partial charge in [-0.15, -0.1) is 0 Å². The summed E-state index contributed by atoms with van der Waals surface area (Å²) < 4.78 is 12.4. The summed E-state index contributed by atoms with van der Waals surface area (Å²) in [5.74, 6) is 1.35. The Labute approximate surface area is 179 Å². The zero-order valence-electron chi connectivity index (χ0n) is 16.0. The van der Waals surface area contributed by atoms with Crippen molar-refractivity contribution in [1.82, 2.24) is 0 Å². The molecule has 3 rings (SSSR count). The van der Waals surface area contributed by atoms with Crippen LogP contribution in [0.5, 0.6) is 11.5 Å². The van der Waals surface area contributed by atoms with Gasteiger partial charge in [-0.3, -0.25) is 0 Å². The molecule has 0 saturated carbocycles. The van der Waals surface area contributed by atoms with Crippen LogP contribution in [0.4, 0.5) is 5.69 Å². The van der Waals surface area contributed by atoms with Crippen LogP contribution in [0.15, 0.2) is 65.1 Å². The van der Waals surface area contributed by atoms with Crippen LogP contribution in [0.1, 0.15) is 23.6 Å². The molecule has 0 aliphatic carbocycles. The number of hydrogen-bond acceptors (Lipinski definition) is 3. The normalized spacial score (nSPS) is 10.6. The first-order valence-electron chi connectivity index (χ1n) is 9.16. The lowest BCUT2D eigenvalue weighted by Crippen LogP contribution is -2.03. The highest BCUT2D eigenvalue weighted by atomic mass is 79.9. The van der Waals surface area contributed by atoms with E-state index in [1.54, 1.807) is 7.11 Å². The third-order valence-corrected chi connectivity index (χ3v) is 5.44. The van der Waals surface area contributed by atoms with Crippen molar-refractivity contribution in [3.63, 3.8) is 0 Å². The first-order chi connectivity index (χ1) is 13.6. The van der Waals surface area contributed by atoms with Crippen molar-refractivity contribution in [2.24, 2.45) is 0 Å². The molecule has 0 radical (unpaired) electrons. The zero-order valence-corrected chi connectivity index (χ0v) is 18.3. The average Bonchev–Trinajstić information content (AvgIpc) is 2.72. The van der Waals surface area contributed by atoms with Gasteiger partial charge in [-0.25, -0.2) is 0 Å². The summed E-state index contributed by atoms with van der Waals surface area (Å²) in [4.78, 5) is 0. The molecule has 1 N–H and O–H groups in total. The van der Waals surface area contributed by atoms with E-state index in [1.807, 2.05) is 36.4 Å². The van der Waals surface area contributed by atoms with Gasteiger partial charge in [-0.1, -0.05) is 48.9 Å². The molecule has 28 heavy (non-hydrogen) atoms. The van der Waals surface area contributed by atoms with Gasteiger partial charge < -0.3 is 14.8 Å². The second-order valence-corrected chi connectivity index (χ2v) is 7.65. The lowest BCUT2D eigenvalue weighted by Gasteiger charge is -2.15. The van der Waals surface area contributed by atoms with Crippen LogP contribution in [0.2, 0.25) is 5.02 Å². The molecule has 0 spiro atoms. The second kappa shape index (κ2) is 9.85. The minimum Gasteiger partial charge on any atom is -0.493 e. The summed E-state index contributed by atoms with van der Waals surface area (Å²) in [5.41, 5.74) is 4.44. The molecule has 0 saturated heterocycles. The predicted octanol–water partition coefficient (Wildman–Crippen LogP) is 6.86. The van der Waals surface area contributed by atoms with Crippen molar-refractivity contribution in [3.8, 4) is 11.5 Å². The van der Waals surface area contributed by atoms with E-state index >= 15 is 0 Å². The lowest BCUT2D eigenvalue weighted by molar-refractivity contribution is 0.282. The maximum absolute atomic E-state index is 6.22. The van der Waals surface area contributed by atoms with Gasteiger partial charge in [0.15, 0.2) is 11.5 Å². The molecule has 3 aromatic carbocycles. The minimum absolute atomic E-state index is 0.371. The fourth-order valence-electron chi connectivity index (χ4n) is 2.84. The summed E-state index contributed by atoms with van der Waals surface area (Å²) in [7, 11) is 1.64. The highest BCUT2D eigenvalue weighted by Crippen LogP contribution is 2.37. The van der Waals surface area contributed by atoms with E-state index in [0.29, 0.717) is 29.7 Å². The standard InChI is InChI=1S/C23H23BrClNO2/c1-3-16-8-10-19(11-9-16)26-14-17-12-20(24)23(22(13-17)27-2)28-15-18-6-4-5-7-21(18)25/h4-13,26H,3,14-15H2,1-2H3. The Morgan fingerprint density at radius 2 is 1.75 bits per heavy atom. The summed E-state index contributed by atoms with van der Waals surface area (Å²) in [6.45, 7) is 3.21. The van der Waals surface area contributed by atoms with E-state index in [2.05, 4.69) is 52.4 Å².